The largest absolute Gasteiger partial charge is 0.398 e. The third-order valence-electron chi connectivity index (χ3n) is 1.38. The number of hydrogen-bond donors (Lipinski definition) is 1. The van der Waals surface area contributed by atoms with Crippen molar-refractivity contribution in [2.45, 2.75) is 5.75 Å². The molecule has 1 aromatic carbocycles. The van der Waals surface area contributed by atoms with Gasteiger partial charge in [-0.2, -0.15) is 8.42 Å². The molecule has 6 heteroatoms. The van der Waals surface area contributed by atoms with Crippen LogP contribution < -0.4 is 5.73 Å². The Morgan fingerprint density at radius 1 is 1.31 bits per heavy atom. The highest BCUT2D eigenvalue weighted by Crippen LogP contribution is 2.14. The molecule has 0 unspecified atom stereocenters. The molecule has 0 fully saturated rings. The van der Waals surface area contributed by atoms with E-state index in [1.165, 1.54) is 12.1 Å². The van der Waals surface area contributed by atoms with Crippen LogP contribution in [0.5, 0.6) is 0 Å². The monoisotopic (exact) mass is 225 g/mol. The van der Waals surface area contributed by atoms with Crippen LogP contribution in [-0.2, 0) is 16.0 Å². The van der Waals surface area contributed by atoms with Gasteiger partial charge in [-0.05, 0) is 11.6 Å². The lowest BCUT2D eigenvalue weighted by Gasteiger charge is -2.00. The predicted octanol–water partition coefficient (Wildman–Crippen LogP) is 1.49. The Bertz CT molecular complexity index is 380. The summed E-state index contributed by atoms with van der Waals surface area (Å²) in [6.45, 7) is 0. The quantitative estimate of drug-likeness (QED) is 0.613. The fraction of sp³-hybridized carbons (Fsp3) is 0.143. The Labute approximate surface area is 82.4 Å². The van der Waals surface area contributed by atoms with Gasteiger partial charge in [-0.15, -0.1) is 16.3 Å². The second-order valence-electron chi connectivity index (χ2n) is 2.38. The van der Waals surface area contributed by atoms with Gasteiger partial charge >= 0.3 is 10.2 Å². The van der Waals surface area contributed by atoms with Gasteiger partial charge in [0.1, 0.15) is 5.75 Å². The first kappa shape index (κ1) is 12.2. The number of nitrogen functional groups attached to an aromatic ring is 1. The molecule has 0 bridgehead atoms. The maximum Gasteiger partial charge on any atom is 0.306 e. The molecule has 0 amide bonds. The normalized spacial score (nSPS) is 10.5. The van der Waals surface area contributed by atoms with Crippen LogP contribution >= 0.6 is 12.4 Å². The Morgan fingerprint density at radius 3 is 2.31 bits per heavy atom. The third-order valence-corrected chi connectivity index (χ3v) is 2.04. The van der Waals surface area contributed by atoms with E-state index in [4.69, 9.17) is 5.73 Å². The summed E-state index contributed by atoms with van der Waals surface area (Å²) in [7, 11) is -4.48. The first-order valence-electron chi connectivity index (χ1n) is 3.25. The number of benzene rings is 1. The first-order chi connectivity index (χ1) is 5.49. The van der Waals surface area contributed by atoms with Crippen LogP contribution in [-0.4, -0.2) is 8.42 Å². The molecule has 0 aliphatic rings. The summed E-state index contributed by atoms with van der Waals surface area (Å²) >= 11 is 0. The van der Waals surface area contributed by atoms with E-state index in [0.29, 0.717) is 11.3 Å². The van der Waals surface area contributed by atoms with Crippen molar-refractivity contribution in [2.75, 3.05) is 5.73 Å². The Balaban J connectivity index is 0.00000144. The maximum atomic E-state index is 12.2. The number of nitrogens with two attached hydrogens (primary N) is 1. The molecule has 0 saturated carbocycles. The topological polar surface area (TPSA) is 60.2 Å². The van der Waals surface area contributed by atoms with Crippen LogP contribution in [0.3, 0.4) is 0 Å². The maximum absolute atomic E-state index is 12.2. The number of anilines is 1. The molecular formula is C7H9ClFNO2S. The highest BCUT2D eigenvalue weighted by atomic mass is 35.5. The molecule has 0 radical (unpaired) electrons. The SMILES string of the molecule is Cl.Nc1ccccc1CS(=O)(=O)F. The summed E-state index contributed by atoms with van der Waals surface area (Å²) < 4.78 is 32.6. The van der Waals surface area contributed by atoms with Crippen LogP contribution in [0, 0.1) is 0 Å². The van der Waals surface area contributed by atoms with Gasteiger partial charge in [0.05, 0.1) is 0 Å². The summed E-state index contributed by atoms with van der Waals surface area (Å²) in [5, 5.41) is 0. The van der Waals surface area contributed by atoms with Crippen molar-refractivity contribution >= 4 is 28.3 Å². The summed E-state index contributed by atoms with van der Waals surface area (Å²) in [4.78, 5) is 0. The van der Waals surface area contributed by atoms with E-state index in [1.54, 1.807) is 12.1 Å². The number of halogens is 2. The molecule has 0 aromatic heterocycles. The zero-order chi connectivity index (χ0) is 9.19. The minimum absolute atomic E-state index is 0. The van der Waals surface area contributed by atoms with E-state index in [9.17, 15) is 12.3 Å². The average Bonchev–Trinajstić information content (AvgIpc) is 1.91. The standard InChI is InChI=1S/C7H8FNO2S.ClH/c8-12(10,11)5-6-3-1-2-4-7(6)9;/h1-4H,5,9H2;1H. The molecule has 0 aliphatic carbocycles. The lowest BCUT2D eigenvalue weighted by Crippen LogP contribution is -2.00. The molecule has 1 aromatic rings. The average molecular weight is 226 g/mol. The van der Waals surface area contributed by atoms with Crippen molar-refractivity contribution in [1.82, 2.24) is 0 Å². The van der Waals surface area contributed by atoms with E-state index >= 15 is 0 Å². The second-order valence-corrected chi connectivity index (χ2v) is 3.75. The zero-order valence-electron chi connectivity index (χ0n) is 6.60. The van der Waals surface area contributed by atoms with Gasteiger partial charge in [-0.1, -0.05) is 18.2 Å². The van der Waals surface area contributed by atoms with E-state index in [0.717, 1.165) is 0 Å². The number of hydrogen-bond acceptors (Lipinski definition) is 3. The van der Waals surface area contributed by atoms with Gasteiger partial charge < -0.3 is 5.73 Å². The van der Waals surface area contributed by atoms with Crippen LogP contribution in [0.2, 0.25) is 0 Å². The molecule has 13 heavy (non-hydrogen) atoms. The van der Waals surface area contributed by atoms with Crippen LogP contribution in [0.4, 0.5) is 9.57 Å². The van der Waals surface area contributed by atoms with Gasteiger partial charge in [0.2, 0.25) is 0 Å². The van der Waals surface area contributed by atoms with Gasteiger partial charge in [0.25, 0.3) is 0 Å². The van der Waals surface area contributed by atoms with Crippen molar-refractivity contribution in [2.24, 2.45) is 0 Å². The third kappa shape index (κ3) is 4.10. The summed E-state index contributed by atoms with van der Waals surface area (Å²) in [5.41, 5.74) is 5.98. The van der Waals surface area contributed by atoms with E-state index < -0.39 is 16.0 Å². The molecule has 3 nitrogen and oxygen atoms in total. The Kier molecular flexibility index (Phi) is 4.16. The molecule has 0 aliphatic heterocycles. The van der Waals surface area contributed by atoms with Crippen molar-refractivity contribution in [3.63, 3.8) is 0 Å². The summed E-state index contributed by atoms with van der Waals surface area (Å²) in [6, 6.07) is 6.27. The van der Waals surface area contributed by atoms with Gasteiger partial charge in [0.15, 0.2) is 0 Å². The number of rotatable bonds is 2. The van der Waals surface area contributed by atoms with E-state index in [2.05, 4.69) is 0 Å². The van der Waals surface area contributed by atoms with Gasteiger partial charge in [-0.3, -0.25) is 0 Å². The van der Waals surface area contributed by atoms with Crippen LogP contribution in [0.1, 0.15) is 5.56 Å². The molecule has 2 N–H and O–H groups in total. The first-order valence-corrected chi connectivity index (χ1v) is 4.80. The van der Waals surface area contributed by atoms with E-state index in [1.807, 2.05) is 0 Å². The molecule has 0 saturated heterocycles. The molecule has 74 valence electrons. The van der Waals surface area contributed by atoms with Crippen molar-refractivity contribution < 1.29 is 12.3 Å². The predicted molar refractivity (Wildman–Crippen MR) is 51.8 cm³/mol. The second kappa shape index (κ2) is 4.43. The summed E-state index contributed by atoms with van der Waals surface area (Å²) in [5.74, 6) is -0.653. The van der Waals surface area contributed by atoms with Crippen molar-refractivity contribution in [3.8, 4) is 0 Å². The smallest absolute Gasteiger partial charge is 0.306 e. The Hall–Kier alpha value is -0.810. The number of para-hydroxylation sites is 1. The van der Waals surface area contributed by atoms with Crippen LogP contribution in [0.15, 0.2) is 24.3 Å². The zero-order valence-corrected chi connectivity index (χ0v) is 8.24. The van der Waals surface area contributed by atoms with Crippen molar-refractivity contribution in [3.05, 3.63) is 29.8 Å². The highest BCUT2D eigenvalue weighted by molar-refractivity contribution is 7.85. The summed E-state index contributed by atoms with van der Waals surface area (Å²) in [6.07, 6.45) is 0. The lowest BCUT2D eigenvalue weighted by atomic mass is 10.2. The van der Waals surface area contributed by atoms with Gasteiger partial charge in [0, 0.05) is 5.69 Å². The molecule has 1 rings (SSSR count). The lowest BCUT2D eigenvalue weighted by molar-refractivity contribution is 0.551. The fourth-order valence-electron chi connectivity index (χ4n) is 0.851. The van der Waals surface area contributed by atoms with Crippen LogP contribution in [0.25, 0.3) is 0 Å². The molecule has 0 atom stereocenters. The van der Waals surface area contributed by atoms with Crippen molar-refractivity contribution in [1.29, 1.82) is 0 Å². The fourth-order valence-corrected chi connectivity index (χ4v) is 1.49. The molecular weight excluding hydrogens is 217 g/mol. The highest BCUT2D eigenvalue weighted by Gasteiger charge is 2.10. The molecule has 0 spiro atoms. The molecule has 0 heterocycles. The Morgan fingerprint density at radius 2 is 1.85 bits per heavy atom. The van der Waals surface area contributed by atoms with E-state index in [-0.39, 0.29) is 12.4 Å². The van der Waals surface area contributed by atoms with Gasteiger partial charge in [-0.25, -0.2) is 0 Å². The minimum atomic E-state index is -4.48. The minimum Gasteiger partial charge on any atom is -0.398 e.